The van der Waals surface area contributed by atoms with Crippen LogP contribution in [0.25, 0.3) is 0 Å². The van der Waals surface area contributed by atoms with Crippen molar-refractivity contribution >= 4 is 5.91 Å². The van der Waals surface area contributed by atoms with Crippen molar-refractivity contribution in [2.45, 2.75) is 32.4 Å². The molecule has 0 unspecified atom stereocenters. The number of benzene rings is 1. The van der Waals surface area contributed by atoms with Crippen LogP contribution in [0.4, 0.5) is 13.2 Å². The topological polar surface area (TPSA) is 29.5 Å². The maximum atomic E-state index is 13.1. The Labute approximate surface area is 128 Å². The second-order valence-corrected chi connectivity index (χ2v) is 6.45. The molecular weight excluding hydrogens is 295 g/mol. The van der Waals surface area contributed by atoms with Crippen molar-refractivity contribution in [3.63, 3.8) is 0 Å². The van der Waals surface area contributed by atoms with E-state index in [2.05, 4.69) is 0 Å². The smallest absolute Gasteiger partial charge is 0.378 e. The lowest BCUT2D eigenvalue weighted by atomic mass is 9.84. The van der Waals surface area contributed by atoms with Gasteiger partial charge >= 0.3 is 6.18 Å². The van der Waals surface area contributed by atoms with Gasteiger partial charge in [-0.2, -0.15) is 13.2 Å². The molecule has 0 bridgehead atoms. The van der Waals surface area contributed by atoms with Crippen LogP contribution in [0.15, 0.2) is 18.2 Å². The van der Waals surface area contributed by atoms with E-state index in [9.17, 15) is 18.0 Å². The van der Waals surface area contributed by atoms with Crippen LogP contribution in [0.3, 0.4) is 0 Å². The molecule has 1 aliphatic rings. The highest BCUT2D eigenvalue weighted by molar-refractivity contribution is 5.94. The zero-order valence-electron chi connectivity index (χ0n) is 13.0. The molecule has 0 atom stereocenters. The van der Waals surface area contributed by atoms with Crippen LogP contribution in [0, 0.1) is 0 Å². The van der Waals surface area contributed by atoms with Gasteiger partial charge in [0.05, 0.1) is 18.8 Å². The Bertz CT molecular complexity index is 523. The van der Waals surface area contributed by atoms with Gasteiger partial charge < -0.3 is 9.64 Å². The molecule has 1 aromatic rings. The highest BCUT2D eigenvalue weighted by Crippen LogP contribution is 2.34. The SMILES string of the molecule is CC(C)(C)c1cc(C(=O)N2CCOCC2)cc(C(F)(F)F)c1. The van der Waals surface area contributed by atoms with Crippen LogP contribution in [0.5, 0.6) is 0 Å². The average molecular weight is 315 g/mol. The molecule has 0 aromatic heterocycles. The first kappa shape index (κ1) is 16.8. The first-order chi connectivity index (χ1) is 10.1. The minimum absolute atomic E-state index is 0.0849. The van der Waals surface area contributed by atoms with Crippen LogP contribution in [-0.2, 0) is 16.3 Å². The Morgan fingerprint density at radius 3 is 2.09 bits per heavy atom. The highest BCUT2D eigenvalue weighted by Gasteiger charge is 2.33. The molecule has 1 aromatic carbocycles. The van der Waals surface area contributed by atoms with Crippen molar-refractivity contribution in [1.82, 2.24) is 4.90 Å². The van der Waals surface area contributed by atoms with Crippen LogP contribution < -0.4 is 0 Å². The predicted molar refractivity (Wildman–Crippen MR) is 76.9 cm³/mol. The molecule has 0 N–H and O–H groups in total. The predicted octanol–water partition coefficient (Wildman–Crippen LogP) is 3.48. The van der Waals surface area contributed by atoms with E-state index < -0.39 is 17.2 Å². The van der Waals surface area contributed by atoms with Crippen molar-refractivity contribution < 1.29 is 22.7 Å². The normalized spacial score (nSPS) is 16.7. The third-order valence-electron chi connectivity index (χ3n) is 3.67. The zero-order chi connectivity index (χ0) is 16.5. The summed E-state index contributed by atoms with van der Waals surface area (Å²) in [6, 6.07) is 3.62. The molecule has 1 fully saturated rings. The fourth-order valence-electron chi connectivity index (χ4n) is 2.30. The average Bonchev–Trinajstić information content (AvgIpc) is 2.45. The Hall–Kier alpha value is -1.56. The van der Waals surface area contributed by atoms with Crippen molar-refractivity contribution in [3.8, 4) is 0 Å². The second kappa shape index (κ2) is 5.91. The Balaban J connectivity index is 2.43. The van der Waals surface area contributed by atoms with Gasteiger partial charge in [-0.25, -0.2) is 0 Å². The molecule has 1 aliphatic heterocycles. The number of alkyl halides is 3. The zero-order valence-corrected chi connectivity index (χ0v) is 13.0. The Morgan fingerprint density at radius 2 is 1.59 bits per heavy atom. The maximum absolute atomic E-state index is 13.1. The van der Waals surface area contributed by atoms with Gasteiger partial charge in [0.15, 0.2) is 0 Å². The number of nitrogens with zero attached hydrogens (tertiary/aromatic N) is 1. The summed E-state index contributed by atoms with van der Waals surface area (Å²) in [7, 11) is 0. The van der Waals surface area contributed by atoms with E-state index in [-0.39, 0.29) is 11.5 Å². The lowest BCUT2D eigenvalue weighted by Gasteiger charge is -2.28. The van der Waals surface area contributed by atoms with Crippen LogP contribution in [0.1, 0.15) is 42.3 Å². The van der Waals surface area contributed by atoms with Crippen LogP contribution in [-0.4, -0.2) is 37.1 Å². The lowest BCUT2D eigenvalue weighted by Crippen LogP contribution is -2.40. The first-order valence-corrected chi connectivity index (χ1v) is 7.19. The molecule has 22 heavy (non-hydrogen) atoms. The molecule has 122 valence electrons. The number of hydrogen-bond donors (Lipinski definition) is 0. The van der Waals surface area contributed by atoms with E-state index in [1.54, 1.807) is 6.07 Å². The summed E-state index contributed by atoms with van der Waals surface area (Å²) in [5.41, 5.74) is -0.668. The molecular formula is C16H20F3NO2. The molecule has 1 heterocycles. The number of carbonyl (C=O) groups is 1. The molecule has 0 spiro atoms. The van der Waals surface area contributed by atoms with Gasteiger partial charge in [-0.15, -0.1) is 0 Å². The minimum atomic E-state index is -4.47. The Kier molecular flexibility index (Phi) is 4.52. The van der Waals surface area contributed by atoms with Crippen molar-refractivity contribution in [2.75, 3.05) is 26.3 Å². The first-order valence-electron chi connectivity index (χ1n) is 7.19. The van der Waals surface area contributed by atoms with E-state index in [0.29, 0.717) is 31.9 Å². The van der Waals surface area contributed by atoms with E-state index in [1.165, 1.54) is 4.90 Å². The molecule has 3 nitrogen and oxygen atoms in total. The molecule has 6 heteroatoms. The number of ether oxygens (including phenoxy) is 1. The third kappa shape index (κ3) is 3.80. The summed E-state index contributed by atoms with van der Waals surface area (Å²) < 4.78 is 44.5. The number of halogens is 3. The van der Waals surface area contributed by atoms with Crippen molar-refractivity contribution in [3.05, 3.63) is 34.9 Å². The van der Waals surface area contributed by atoms with E-state index in [1.807, 2.05) is 20.8 Å². The van der Waals surface area contributed by atoms with Crippen molar-refractivity contribution in [2.24, 2.45) is 0 Å². The van der Waals surface area contributed by atoms with Gasteiger partial charge in [0.1, 0.15) is 0 Å². The quantitative estimate of drug-likeness (QED) is 0.794. The molecule has 0 radical (unpaired) electrons. The van der Waals surface area contributed by atoms with Gasteiger partial charge in [0.2, 0.25) is 0 Å². The highest BCUT2D eigenvalue weighted by atomic mass is 19.4. The monoisotopic (exact) mass is 315 g/mol. The van der Waals surface area contributed by atoms with Gasteiger partial charge in [0.25, 0.3) is 5.91 Å². The fourth-order valence-corrected chi connectivity index (χ4v) is 2.30. The number of morpholine rings is 1. The molecule has 0 saturated carbocycles. The molecule has 2 rings (SSSR count). The summed E-state index contributed by atoms with van der Waals surface area (Å²) in [5, 5.41) is 0. The van der Waals surface area contributed by atoms with Gasteiger partial charge in [-0.3, -0.25) is 4.79 Å². The Morgan fingerprint density at radius 1 is 1.05 bits per heavy atom. The number of amides is 1. The lowest BCUT2D eigenvalue weighted by molar-refractivity contribution is -0.137. The largest absolute Gasteiger partial charge is 0.416 e. The number of hydrogen-bond acceptors (Lipinski definition) is 2. The van der Waals surface area contributed by atoms with Crippen LogP contribution in [0.2, 0.25) is 0 Å². The maximum Gasteiger partial charge on any atom is 0.416 e. The summed E-state index contributed by atoms with van der Waals surface area (Å²) in [6.45, 7) is 7.11. The summed E-state index contributed by atoms with van der Waals surface area (Å²) in [4.78, 5) is 14.0. The summed E-state index contributed by atoms with van der Waals surface area (Å²) in [5.74, 6) is -0.375. The minimum Gasteiger partial charge on any atom is -0.378 e. The standard InChI is InChI=1S/C16H20F3NO2/c1-15(2,3)12-8-11(9-13(10-12)16(17,18)19)14(21)20-4-6-22-7-5-20/h8-10H,4-7H2,1-3H3. The molecule has 1 saturated heterocycles. The van der Waals surface area contributed by atoms with Crippen molar-refractivity contribution in [1.29, 1.82) is 0 Å². The van der Waals surface area contributed by atoms with E-state index in [4.69, 9.17) is 4.74 Å². The van der Waals surface area contributed by atoms with Crippen LogP contribution >= 0.6 is 0 Å². The third-order valence-corrected chi connectivity index (χ3v) is 3.67. The summed E-state index contributed by atoms with van der Waals surface area (Å²) in [6.07, 6.45) is -4.47. The fraction of sp³-hybridized carbons (Fsp3) is 0.562. The number of carbonyl (C=O) groups excluding carboxylic acids is 1. The van der Waals surface area contributed by atoms with Gasteiger partial charge in [-0.05, 0) is 29.2 Å². The molecule has 1 amide bonds. The number of rotatable bonds is 1. The van der Waals surface area contributed by atoms with E-state index >= 15 is 0 Å². The van der Waals surface area contributed by atoms with Gasteiger partial charge in [0, 0.05) is 18.7 Å². The molecule has 0 aliphatic carbocycles. The van der Waals surface area contributed by atoms with Gasteiger partial charge in [-0.1, -0.05) is 20.8 Å². The second-order valence-electron chi connectivity index (χ2n) is 6.45. The summed E-state index contributed by atoms with van der Waals surface area (Å²) >= 11 is 0. The van der Waals surface area contributed by atoms with E-state index in [0.717, 1.165) is 12.1 Å².